The molecule has 2 aliphatic heterocycles. The van der Waals surface area contributed by atoms with Crippen molar-refractivity contribution in [2.45, 2.75) is 26.0 Å². The van der Waals surface area contributed by atoms with Gasteiger partial charge in [0.15, 0.2) is 11.5 Å². The van der Waals surface area contributed by atoms with Gasteiger partial charge < -0.3 is 18.9 Å². The average molecular weight is 279 g/mol. The van der Waals surface area contributed by atoms with E-state index in [2.05, 4.69) is 18.9 Å². The first kappa shape index (κ1) is 13.5. The molecule has 3 rings (SSSR count). The predicted octanol–water partition coefficient (Wildman–Crippen LogP) is 2.34. The van der Waals surface area contributed by atoms with E-state index in [9.17, 15) is 0 Å². The predicted molar refractivity (Wildman–Crippen MR) is 74.4 cm³/mol. The molecule has 1 atom stereocenters. The molecule has 20 heavy (non-hydrogen) atoms. The van der Waals surface area contributed by atoms with Crippen molar-refractivity contribution >= 4 is 0 Å². The van der Waals surface area contributed by atoms with Crippen LogP contribution < -0.4 is 14.2 Å². The van der Waals surface area contributed by atoms with Crippen molar-refractivity contribution in [3.63, 3.8) is 0 Å². The molecule has 1 aromatic rings. The van der Waals surface area contributed by atoms with Crippen LogP contribution in [0.1, 0.15) is 30.6 Å². The second kappa shape index (κ2) is 5.50. The van der Waals surface area contributed by atoms with Gasteiger partial charge in [0, 0.05) is 25.3 Å². The highest BCUT2D eigenvalue weighted by Gasteiger charge is 2.32. The highest BCUT2D eigenvalue weighted by atomic mass is 16.7. The highest BCUT2D eigenvalue weighted by Crippen LogP contribution is 2.48. The molecule has 0 aliphatic carbocycles. The lowest BCUT2D eigenvalue weighted by atomic mass is 9.95. The Bertz CT molecular complexity index is 503. The second-order valence-electron chi connectivity index (χ2n) is 5.27. The molecule has 2 aliphatic rings. The molecule has 5 heteroatoms. The summed E-state index contributed by atoms with van der Waals surface area (Å²) in [5.74, 6) is 2.26. The molecule has 0 saturated heterocycles. The van der Waals surface area contributed by atoms with E-state index in [0.29, 0.717) is 0 Å². The minimum absolute atomic E-state index is 0.0621. The fourth-order valence-corrected chi connectivity index (χ4v) is 2.85. The van der Waals surface area contributed by atoms with Crippen molar-refractivity contribution < 1.29 is 18.9 Å². The summed E-state index contributed by atoms with van der Waals surface area (Å²) >= 11 is 0. The zero-order valence-electron chi connectivity index (χ0n) is 12.3. The number of hydrogen-bond donors (Lipinski definition) is 0. The van der Waals surface area contributed by atoms with Gasteiger partial charge in [0.2, 0.25) is 12.5 Å². The molecule has 0 fully saturated rings. The van der Waals surface area contributed by atoms with E-state index < -0.39 is 0 Å². The van der Waals surface area contributed by atoms with Crippen molar-refractivity contribution in [3.8, 4) is 17.2 Å². The van der Waals surface area contributed by atoms with Crippen molar-refractivity contribution in [3.05, 3.63) is 17.2 Å². The summed E-state index contributed by atoms with van der Waals surface area (Å²) in [5.41, 5.74) is 2.31. The van der Waals surface area contributed by atoms with Gasteiger partial charge in [0.1, 0.15) is 0 Å². The Morgan fingerprint density at radius 2 is 2.25 bits per heavy atom. The number of fused-ring (bicyclic) bond motifs is 2. The second-order valence-corrected chi connectivity index (χ2v) is 5.27. The van der Waals surface area contributed by atoms with Gasteiger partial charge >= 0.3 is 0 Å². The topological polar surface area (TPSA) is 40.2 Å². The van der Waals surface area contributed by atoms with Gasteiger partial charge in [-0.25, -0.2) is 0 Å². The summed E-state index contributed by atoms with van der Waals surface area (Å²) in [6.45, 7) is 4.85. The van der Waals surface area contributed by atoms with Crippen LogP contribution in [0.4, 0.5) is 0 Å². The fourth-order valence-electron chi connectivity index (χ4n) is 2.85. The average Bonchev–Trinajstić information content (AvgIpc) is 2.90. The third-order valence-corrected chi connectivity index (χ3v) is 3.74. The minimum atomic E-state index is 0.0621. The molecule has 2 heterocycles. The number of rotatable bonds is 4. The Balaban J connectivity index is 2.04. The Hall–Kier alpha value is -1.46. The Morgan fingerprint density at radius 3 is 3.00 bits per heavy atom. The molecular weight excluding hydrogens is 258 g/mol. The van der Waals surface area contributed by atoms with Crippen molar-refractivity contribution in [1.29, 1.82) is 0 Å². The zero-order valence-corrected chi connectivity index (χ0v) is 12.3. The number of hydrogen-bond acceptors (Lipinski definition) is 5. The summed E-state index contributed by atoms with van der Waals surface area (Å²) in [6, 6.07) is 2.05. The third-order valence-electron chi connectivity index (χ3n) is 3.74. The van der Waals surface area contributed by atoms with Crippen LogP contribution in [0.25, 0.3) is 0 Å². The van der Waals surface area contributed by atoms with Crippen molar-refractivity contribution in [2.24, 2.45) is 0 Å². The molecule has 0 spiro atoms. The van der Waals surface area contributed by atoms with E-state index in [4.69, 9.17) is 18.9 Å². The van der Waals surface area contributed by atoms with E-state index in [0.717, 1.165) is 54.5 Å². The van der Waals surface area contributed by atoms with E-state index in [1.54, 1.807) is 7.11 Å². The standard InChI is InChI=1S/C15H21NO4/c1-4-5-18-13-8-16(2)7-11-10(13)6-12-15(14(11)17-3)20-9-19-12/h6,13H,4-5,7-9H2,1-3H3. The normalized spacial score (nSPS) is 20.9. The monoisotopic (exact) mass is 279 g/mol. The van der Waals surface area contributed by atoms with Gasteiger partial charge in [-0.2, -0.15) is 0 Å². The smallest absolute Gasteiger partial charge is 0.231 e. The maximum absolute atomic E-state index is 5.99. The maximum Gasteiger partial charge on any atom is 0.231 e. The van der Waals surface area contributed by atoms with Gasteiger partial charge in [-0.1, -0.05) is 6.92 Å². The summed E-state index contributed by atoms with van der Waals surface area (Å²) in [7, 11) is 3.77. The molecule has 0 radical (unpaired) electrons. The van der Waals surface area contributed by atoms with Crippen LogP contribution >= 0.6 is 0 Å². The molecule has 0 saturated carbocycles. The highest BCUT2D eigenvalue weighted by molar-refractivity contribution is 5.61. The molecule has 0 N–H and O–H groups in total. The Labute approximate surface area is 119 Å². The lowest BCUT2D eigenvalue weighted by Gasteiger charge is -2.33. The van der Waals surface area contributed by atoms with Crippen LogP contribution in [0.15, 0.2) is 6.07 Å². The molecule has 0 bridgehead atoms. The van der Waals surface area contributed by atoms with Crippen LogP contribution in [0.3, 0.4) is 0 Å². The third kappa shape index (κ3) is 2.21. The first-order valence-corrected chi connectivity index (χ1v) is 7.04. The van der Waals surface area contributed by atoms with Crippen LogP contribution in [-0.4, -0.2) is 39.0 Å². The van der Waals surface area contributed by atoms with Crippen LogP contribution in [0, 0.1) is 0 Å². The number of nitrogens with zero attached hydrogens (tertiary/aromatic N) is 1. The van der Waals surface area contributed by atoms with Crippen LogP contribution in [0.2, 0.25) is 0 Å². The Morgan fingerprint density at radius 1 is 1.40 bits per heavy atom. The zero-order chi connectivity index (χ0) is 14.1. The number of benzene rings is 1. The van der Waals surface area contributed by atoms with E-state index >= 15 is 0 Å². The van der Waals surface area contributed by atoms with Crippen molar-refractivity contribution in [1.82, 2.24) is 4.90 Å². The lowest BCUT2D eigenvalue weighted by Crippen LogP contribution is -2.32. The van der Waals surface area contributed by atoms with Gasteiger partial charge in [-0.05, 0) is 25.1 Å². The molecule has 0 aromatic heterocycles. The van der Waals surface area contributed by atoms with E-state index in [1.165, 1.54) is 0 Å². The fraction of sp³-hybridized carbons (Fsp3) is 0.600. The van der Waals surface area contributed by atoms with E-state index in [-0.39, 0.29) is 12.9 Å². The molecule has 110 valence electrons. The SMILES string of the molecule is CCCOC1CN(C)Cc2c1cc1c(c2OC)OCO1. The van der Waals surface area contributed by atoms with Gasteiger partial charge in [-0.15, -0.1) is 0 Å². The van der Waals surface area contributed by atoms with Crippen LogP contribution in [0.5, 0.6) is 17.2 Å². The van der Waals surface area contributed by atoms with Crippen LogP contribution in [-0.2, 0) is 11.3 Å². The number of likely N-dealkylation sites (N-methyl/N-ethyl adjacent to an activating group) is 1. The number of ether oxygens (including phenoxy) is 4. The largest absolute Gasteiger partial charge is 0.492 e. The minimum Gasteiger partial charge on any atom is -0.492 e. The summed E-state index contributed by atoms with van der Waals surface area (Å²) in [6.07, 6.45) is 1.07. The molecule has 0 amide bonds. The first-order valence-electron chi connectivity index (χ1n) is 7.04. The van der Waals surface area contributed by atoms with Gasteiger partial charge in [0.05, 0.1) is 13.2 Å². The molecule has 1 unspecified atom stereocenters. The summed E-state index contributed by atoms with van der Waals surface area (Å²) in [4.78, 5) is 2.24. The molecular formula is C15H21NO4. The van der Waals surface area contributed by atoms with E-state index in [1.807, 2.05) is 6.07 Å². The summed E-state index contributed by atoms with van der Waals surface area (Å²) < 4.78 is 22.6. The Kier molecular flexibility index (Phi) is 3.72. The maximum atomic E-state index is 5.99. The summed E-state index contributed by atoms with van der Waals surface area (Å²) in [5, 5.41) is 0. The molecule has 1 aromatic carbocycles. The van der Waals surface area contributed by atoms with Crippen molar-refractivity contribution in [2.75, 3.05) is 34.1 Å². The lowest BCUT2D eigenvalue weighted by molar-refractivity contribution is 0.0192. The quantitative estimate of drug-likeness (QED) is 0.846. The first-order chi connectivity index (χ1) is 9.74. The number of methoxy groups -OCH3 is 1. The molecule has 5 nitrogen and oxygen atoms in total. The van der Waals surface area contributed by atoms with Gasteiger partial charge in [-0.3, -0.25) is 4.90 Å². The van der Waals surface area contributed by atoms with Gasteiger partial charge in [0.25, 0.3) is 0 Å².